The Morgan fingerprint density at radius 2 is 0.310 bits per heavy atom. The van der Waals surface area contributed by atoms with Crippen LogP contribution in [-0.4, -0.2) is 0 Å². The Balaban J connectivity index is 0.000000132. The van der Waals surface area contributed by atoms with Gasteiger partial charge in [-0.25, -0.2) is 0 Å². The van der Waals surface area contributed by atoms with Crippen LogP contribution in [0.3, 0.4) is 0 Å². The molecule has 0 aliphatic heterocycles. The van der Waals surface area contributed by atoms with Crippen molar-refractivity contribution in [3.63, 3.8) is 0 Å². The van der Waals surface area contributed by atoms with Crippen LogP contribution in [0.15, 0.2) is 0 Å². The number of hydrogen-bond donors (Lipinski definition) is 0. The third kappa shape index (κ3) is 14.5. The van der Waals surface area contributed by atoms with Gasteiger partial charge in [-0.05, 0) is 346 Å². The van der Waals surface area contributed by atoms with Crippen molar-refractivity contribution in [1.29, 1.82) is 0 Å². The normalized spacial score (nSPS) is 60.5. The number of hydrogen-bond acceptors (Lipinski definition) is 0. The van der Waals surface area contributed by atoms with Crippen molar-refractivity contribution in [3.05, 3.63) is 0 Å². The predicted molar refractivity (Wildman–Crippen MR) is 439 cm³/mol. The molecule has 582 valence electrons. The van der Waals surface area contributed by atoms with Gasteiger partial charge >= 0.3 is 0 Å². The average molecular weight is 1380 g/mol. The summed E-state index contributed by atoms with van der Waals surface area (Å²) in [6, 6.07) is 0. The van der Waals surface area contributed by atoms with Crippen molar-refractivity contribution < 1.29 is 0 Å². The topological polar surface area (TPSA) is 0 Å². The van der Waals surface area contributed by atoms with E-state index in [2.05, 4.69) is 235 Å². The molecule has 51 atom stereocenters. The average Bonchev–Trinajstić information content (AvgIpc) is 1.27. The summed E-state index contributed by atoms with van der Waals surface area (Å²) in [5, 5.41) is 0. The molecule has 15 saturated carbocycles. The third-order valence-corrected chi connectivity index (χ3v) is 42.9. The summed E-state index contributed by atoms with van der Waals surface area (Å²) in [6.45, 7) is 86.3. The fraction of sp³-hybridized carbons (Fsp3) is 1.00. The second kappa shape index (κ2) is 32.9. The zero-order valence-electron chi connectivity index (χ0n) is 73.9. The van der Waals surface area contributed by atoms with Gasteiger partial charge < -0.3 is 0 Å². The van der Waals surface area contributed by atoms with Crippen molar-refractivity contribution in [2.24, 2.45) is 308 Å². The Morgan fingerprint density at radius 3 is 0.720 bits per heavy atom. The predicted octanol–water partition coefficient (Wildman–Crippen LogP) is 29.3. The van der Waals surface area contributed by atoms with E-state index in [1.54, 1.807) is 12.8 Å². The molecule has 0 nitrogen and oxygen atoms in total. The zero-order chi connectivity index (χ0) is 73.9. The summed E-state index contributed by atoms with van der Waals surface area (Å²) >= 11 is 0. The van der Waals surface area contributed by atoms with E-state index < -0.39 is 0 Å². The molecule has 0 heterocycles. The fourth-order valence-corrected chi connectivity index (χ4v) is 34.2. The molecule has 0 aromatic carbocycles. The first kappa shape index (κ1) is 82.5. The van der Waals surface area contributed by atoms with Gasteiger partial charge in [-0.1, -0.05) is 287 Å². The van der Waals surface area contributed by atoms with Gasteiger partial charge in [0, 0.05) is 0 Å². The van der Waals surface area contributed by atoms with E-state index in [0.717, 1.165) is 308 Å². The van der Waals surface area contributed by atoms with Gasteiger partial charge in [0.25, 0.3) is 0 Å². The molecule has 0 aromatic heterocycles. The van der Waals surface area contributed by atoms with Gasteiger partial charge in [0.2, 0.25) is 0 Å². The van der Waals surface area contributed by atoms with Crippen LogP contribution in [0.1, 0.15) is 325 Å². The molecule has 15 rings (SSSR count). The second-order valence-electron chi connectivity index (χ2n) is 45.0. The quantitative estimate of drug-likeness (QED) is 0.227. The first-order valence-electron chi connectivity index (χ1n) is 46.9. The SMILES string of the molecule is CC1C(C)C(C)C2C3CCCCC3C(C)C2C1C.CC1CCC(C)C1C.CC1CCC2C(C)C(C)C(C)C(C)C12.CC1CCC2C(C)C(C)C3C(C)C(C)C(C)C(C)C3C12.CC1CCC2C(C)C3C(C)C(C)C(C)C(C)C3C(C)C12.CC1CCC2C1C(C)C(C)C1C(C)C(C)C(C)C(C)C21. The third-order valence-electron chi connectivity index (χ3n) is 42.9. The minimum Gasteiger partial charge on any atom is -0.0622 e. The summed E-state index contributed by atoms with van der Waals surface area (Å²) in [5.41, 5.74) is 0. The maximum absolute atomic E-state index is 2.62. The van der Waals surface area contributed by atoms with Crippen LogP contribution < -0.4 is 0 Å². The zero-order valence-corrected chi connectivity index (χ0v) is 73.9. The summed E-state index contributed by atoms with van der Waals surface area (Å²) in [5.74, 6) is 50.9. The highest BCUT2D eigenvalue weighted by atomic mass is 14.7. The van der Waals surface area contributed by atoms with Gasteiger partial charge in [-0.3, -0.25) is 0 Å². The van der Waals surface area contributed by atoms with Crippen LogP contribution in [0.5, 0.6) is 0 Å². The lowest BCUT2D eigenvalue weighted by Gasteiger charge is -2.59. The molecule has 15 aliphatic carbocycles. The lowest BCUT2D eigenvalue weighted by atomic mass is 9.46. The molecule has 0 N–H and O–H groups in total. The van der Waals surface area contributed by atoms with Gasteiger partial charge in [0.05, 0.1) is 0 Å². The minimum absolute atomic E-state index is 0.911. The van der Waals surface area contributed by atoms with Crippen LogP contribution in [-0.2, 0) is 0 Å². The van der Waals surface area contributed by atoms with Crippen molar-refractivity contribution in [2.45, 2.75) is 325 Å². The van der Waals surface area contributed by atoms with E-state index in [-0.39, 0.29) is 0 Å². The molecule has 51 unspecified atom stereocenters. The van der Waals surface area contributed by atoms with E-state index >= 15 is 0 Å². The van der Waals surface area contributed by atoms with Crippen molar-refractivity contribution in [3.8, 4) is 0 Å². The molecule has 0 radical (unpaired) electrons. The summed E-state index contributed by atoms with van der Waals surface area (Å²) in [4.78, 5) is 0. The minimum atomic E-state index is 0.911. The molecule has 15 fully saturated rings. The highest BCUT2D eigenvalue weighted by Gasteiger charge is 2.62. The standard InChI is InChI=1S/3C20H36.C18H32.C14H26.C8H16/c1-10-8-9-17-13(4)16(7)19-14(5)11(2)12(3)15(6)20(19)18(10)17;1-10-8-9-17-15(6)19-13(4)11(2)12(3)14(5)20(19)16(7)18(10)17;1-10-8-9-17-18(10)15(6)16(7)19-13(4)11(2)12(3)14(5)20(17)19;1-10-11(2)13(4)18-16-9-7-6-8-15(16)14(5)17(18)12(10)3;1-8-6-7-13-11(4)9(2)10(3)12(5)14(8)13;1-6-4-5-7(2)8(6)3/h3*10-20H,8-9H2,1-7H3;10-18H,6-9H2,1-5H3;8-14H,6-7H2,1-5H3;6-8H,4-5H2,1-3H3. The number of fused-ring (bicyclic) bond motifs is 12. The van der Waals surface area contributed by atoms with Crippen molar-refractivity contribution >= 4 is 0 Å². The Kier molecular flexibility index (Phi) is 27.1. The lowest BCUT2D eigenvalue weighted by Crippen LogP contribution is -2.54. The lowest BCUT2D eigenvalue weighted by molar-refractivity contribution is -0.116. The van der Waals surface area contributed by atoms with Crippen LogP contribution in [0.2, 0.25) is 0 Å². The Morgan fingerprint density at radius 1 is 0.100 bits per heavy atom. The molecule has 15 aliphatic rings. The molecule has 0 saturated heterocycles. The Bertz CT molecular complexity index is 2490. The molecule has 0 bridgehead atoms. The highest BCUT2D eigenvalue weighted by molar-refractivity contribution is 5.10. The van der Waals surface area contributed by atoms with Crippen LogP contribution in [0.25, 0.3) is 0 Å². The van der Waals surface area contributed by atoms with E-state index in [9.17, 15) is 0 Å². The monoisotopic (exact) mass is 1380 g/mol. The number of rotatable bonds is 0. The van der Waals surface area contributed by atoms with Gasteiger partial charge in [-0.2, -0.15) is 0 Å². The molecule has 0 spiro atoms. The summed E-state index contributed by atoms with van der Waals surface area (Å²) in [7, 11) is 0. The molecular weight excluding hydrogens is 1200 g/mol. The Labute approximate surface area is 629 Å². The maximum atomic E-state index is 2.62. The van der Waals surface area contributed by atoms with E-state index in [4.69, 9.17) is 0 Å². The first-order valence-corrected chi connectivity index (χ1v) is 46.9. The van der Waals surface area contributed by atoms with Crippen LogP contribution in [0.4, 0.5) is 0 Å². The van der Waals surface area contributed by atoms with Crippen molar-refractivity contribution in [2.75, 3.05) is 0 Å². The van der Waals surface area contributed by atoms with Gasteiger partial charge in [0.15, 0.2) is 0 Å². The van der Waals surface area contributed by atoms with E-state index in [1.165, 1.54) is 77.0 Å². The molecule has 0 heteroatoms. The highest BCUT2D eigenvalue weighted by Crippen LogP contribution is 2.68. The summed E-state index contributed by atoms with van der Waals surface area (Å²) < 4.78 is 0. The van der Waals surface area contributed by atoms with E-state index in [0.29, 0.717) is 0 Å². The molecule has 0 amide bonds. The van der Waals surface area contributed by atoms with Crippen LogP contribution in [0, 0.1) is 308 Å². The van der Waals surface area contributed by atoms with Gasteiger partial charge in [0.1, 0.15) is 0 Å². The van der Waals surface area contributed by atoms with E-state index in [1.807, 2.05) is 0 Å². The largest absolute Gasteiger partial charge is 0.0622 e. The van der Waals surface area contributed by atoms with Gasteiger partial charge in [-0.15, -0.1) is 0 Å². The molecular formula is C100H182. The Hall–Kier alpha value is 0. The molecule has 0 aromatic rings. The maximum Gasteiger partial charge on any atom is -0.0318 e. The summed E-state index contributed by atoms with van der Waals surface area (Å²) in [6.07, 6.45) is 21.1. The van der Waals surface area contributed by atoms with Crippen molar-refractivity contribution in [1.82, 2.24) is 0 Å². The van der Waals surface area contributed by atoms with Crippen LogP contribution >= 0.6 is 0 Å². The first-order chi connectivity index (χ1) is 46.9. The second-order valence-corrected chi connectivity index (χ2v) is 45.0. The molecule has 100 heavy (non-hydrogen) atoms. The smallest absolute Gasteiger partial charge is 0.0318 e. The fourth-order valence-electron chi connectivity index (χ4n) is 34.2.